The molecule has 0 radical (unpaired) electrons. The highest BCUT2D eigenvalue weighted by Gasteiger charge is 2.26. The Morgan fingerprint density at radius 3 is 1.96 bits per heavy atom. The lowest BCUT2D eigenvalue weighted by Crippen LogP contribution is -2.27. The number of carbonyl (C=O) groups excluding carboxylic acids is 1. The van der Waals surface area contributed by atoms with Gasteiger partial charge in [-0.3, -0.25) is 9.00 Å². The number of phenolic OH excluding ortho intramolecular Hbond substituents is 1. The van der Waals surface area contributed by atoms with Gasteiger partial charge in [0.2, 0.25) is 0 Å². The van der Waals surface area contributed by atoms with Crippen LogP contribution in [0.25, 0.3) is 0 Å². The van der Waals surface area contributed by atoms with Gasteiger partial charge in [-0.05, 0) is 57.9 Å². The van der Waals surface area contributed by atoms with E-state index in [1.807, 2.05) is 53.7 Å². The summed E-state index contributed by atoms with van der Waals surface area (Å²) < 4.78 is 27.0. The van der Waals surface area contributed by atoms with E-state index in [1.54, 1.807) is 0 Å². The largest absolute Gasteiger partial charge is 0.772 e. The summed E-state index contributed by atoms with van der Waals surface area (Å²) in [5.41, 5.74) is 2.34. The number of carbonyl (C=O) groups is 1. The first-order valence-electron chi connectivity index (χ1n) is 8.81. The van der Waals surface area contributed by atoms with Gasteiger partial charge >= 0.3 is 5.97 Å². The second-order valence-corrected chi connectivity index (χ2v) is 9.79. The summed E-state index contributed by atoms with van der Waals surface area (Å²) in [7, 11) is 1.19. The van der Waals surface area contributed by atoms with E-state index in [1.165, 1.54) is 7.11 Å². The van der Waals surface area contributed by atoms with E-state index in [4.69, 9.17) is 0 Å². The van der Waals surface area contributed by atoms with Gasteiger partial charge < -0.3 is 14.4 Å². The Balaban J connectivity index is 3.10. The number of benzene rings is 1. The van der Waals surface area contributed by atoms with Crippen LogP contribution in [0.3, 0.4) is 0 Å². The van der Waals surface area contributed by atoms with Gasteiger partial charge in [-0.25, -0.2) is 0 Å². The molecule has 148 valence electrons. The highest BCUT2D eigenvalue weighted by Crippen LogP contribution is 2.40. The zero-order valence-electron chi connectivity index (χ0n) is 16.8. The quantitative estimate of drug-likeness (QED) is 0.597. The molecule has 1 rings (SSSR count). The molecule has 1 aromatic carbocycles. The van der Waals surface area contributed by atoms with Crippen LogP contribution < -0.4 is 0 Å². The molecule has 0 aromatic heterocycles. The molecule has 0 aliphatic heterocycles. The number of hydrogen-bond acceptors (Lipinski definition) is 5. The van der Waals surface area contributed by atoms with Gasteiger partial charge in [0, 0.05) is 0 Å². The summed E-state index contributed by atoms with van der Waals surface area (Å²) in [6, 6.07) is 3.96. The molecule has 5 nitrogen and oxygen atoms in total. The fourth-order valence-electron chi connectivity index (χ4n) is 2.90. The average Bonchev–Trinajstić information content (AvgIpc) is 2.49. The first kappa shape index (κ1) is 22.6. The minimum atomic E-state index is -2.50. The lowest BCUT2D eigenvalue weighted by atomic mass is 9.78. The second kappa shape index (κ2) is 8.53. The van der Waals surface area contributed by atoms with Crippen LogP contribution in [-0.2, 0) is 37.9 Å². The Bertz CT molecular complexity index is 633. The molecule has 6 heteroatoms. The highest BCUT2D eigenvalue weighted by atomic mass is 32.2. The number of esters is 1. The van der Waals surface area contributed by atoms with E-state index in [0.717, 1.165) is 16.7 Å². The minimum absolute atomic E-state index is 0.208. The molecule has 2 unspecified atom stereocenters. The fraction of sp³-hybridized carbons (Fsp3) is 0.650. The molecule has 26 heavy (non-hydrogen) atoms. The molecular formula is C20H31O5S-. The van der Waals surface area contributed by atoms with Crippen molar-refractivity contribution < 1.29 is 23.4 Å². The first-order valence-corrected chi connectivity index (χ1v) is 9.95. The zero-order valence-corrected chi connectivity index (χ0v) is 17.7. The lowest BCUT2D eigenvalue weighted by Gasteiger charge is -2.28. The fourth-order valence-corrected chi connectivity index (χ4v) is 3.51. The summed E-state index contributed by atoms with van der Waals surface area (Å²) >= 11 is -2.50. The predicted octanol–water partition coefficient (Wildman–Crippen LogP) is 3.73. The van der Waals surface area contributed by atoms with Crippen molar-refractivity contribution in [3.05, 3.63) is 28.8 Å². The highest BCUT2D eigenvalue weighted by molar-refractivity contribution is 7.80. The van der Waals surface area contributed by atoms with E-state index in [-0.39, 0.29) is 17.3 Å². The Morgan fingerprint density at radius 2 is 1.62 bits per heavy atom. The molecule has 0 heterocycles. The van der Waals surface area contributed by atoms with Gasteiger partial charge in [0.15, 0.2) is 0 Å². The van der Waals surface area contributed by atoms with Crippen molar-refractivity contribution in [2.75, 3.05) is 7.11 Å². The number of methoxy groups -OCH3 is 1. The Labute approximate surface area is 159 Å². The molecule has 0 fully saturated rings. The van der Waals surface area contributed by atoms with E-state index >= 15 is 0 Å². The van der Waals surface area contributed by atoms with Crippen molar-refractivity contribution in [2.45, 2.75) is 76.9 Å². The number of ether oxygens (including phenoxy) is 1. The molecule has 0 amide bonds. The standard InChI is InChI=1S/C20H32O5S/c1-19(2,3)14-11-13(12-15(17(14)21)20(4,5)6)9-8-10-16(26(23)24)18(22)25-7/h11-12,16,21H,8-10H2,1-7H3,(H,23,24)/p-1. The van der Waals surface area contributed by atoms with Crippen LogP contribution in [0.5, 0.6) is 5.75 Å². The topological polar surface area (TPSA) is 86.7 Å². The molecule has 2 atom stereocenters. The molecule has 0 saturated heterocycles. The third-order valence-electron chi connectivity index (χ3n) is 4.41. The van der Waals surface area contributed by atoms with Crippen LogP contribution in [0.4, 0.5) is 0 Å². The van der Waals surface area contributed by atoms with Crippen molar-refractivity contribution in [2.24, 2.45) is 0 Å². The molecule has 0 aliphatic carbocycles. The Morgan fingerprint density at radius 1 is 1.15 bits per heavy atom. The Kier molecular flexibility index (Phi) is 7.42. The first-order chi connectivity index (χ1) is 11.8. The Hall–Kier alpha value is -1.40. The normalized spacial score (nSPS) is 14.8. The number of rotatable bonds is 6. The maximum absolute atomic E-state index is 11.6. The third kappa shape index (κ3) is 5.81. The number of phenols is 1. The van der Waals surface area contributed by atoms with E-state index < -0.39 is 22.3 Å². The van der Waals surface area contributed by atoms with Crippen LogP contribution >= 0.6 is 0 Å². The summed E-state index contributed by atoms with van der Waals surface area (Å²) in [6.07, 6.45) is 1.36. The monoisotopic (exact) mass is 383 g/mol. The van der Waals surface area contributed by atoms with Crippen molar-refractivity contribution in [3.63, 3.8) is 0 Å². The summed E-state index contributed by atoms with van der Waals surface area (Å²) in [4.78, 5) is 11.6. The van der Waals surface area contributed by atoms with E-state index in [0.29, 0.717) is 18.6 Å². The van der Waals surface area contributed by atoms with Crippen LogP contribution in [0.1, 0.15) is 71.1 Å². The van der Waals surface area contributed by atoms with Crippen LogP contribution in [0.15, 0.2) is 12.1 Å². The SMILES string of the molecule is COC(=O)C(CCCc1cc(C(C)(C)C)c(O)c(C(C)(C)C)c1)S(=O)[O-]. The van der Waals surface area contributed by atoms with E-state index in [9.17, 15) is 18.7 Å². The van der Waals surface area contributed by atoms with Gasteiger partial charge in [-0.1, -0.05) is 53.7 Å². The molecule has 1 N–H and O–H groups in total. The van der Waals surface area contributed by atoms with Crippen molar-refractivity contribution in [1.82, 2.24) is 0 Å². The van der Waals surface area contributed by atoms with Gasteiger partial charge in [0.25, 0.3) is 0 Å². The summed E-state index contributed by atoms with van der Waals surface area (Å²) in [6.45, 7) is 12.3. The molecule has 0 saturated carbocycles. The molecule has 0 spiro atoms. The maximum atomic E-state index is 11.6. The van der Waals surface area contributed by atoms with Crippen LogP contribution in [-0.4, -0.2) is 32.2 Å². The summed E-state index contributed by atoms with van der Waals surface area (Å²) in [5.74, 6) is -0.406. The number of aryl methyl sites for hydroxylation is 1. The number of aromatic hydroxyl groups is 1. The van der Waals surface area contributed by atoms with Gasteiger partial charge in [0.05, 0.1) is 7.11 Å². The van der Waals surface area contributed by atoms with Crippen molar-refractivity contribution in [1.29, 1.82) is 0 Å². The molecule has 0 aliphatic rings. The lowest BCUT2D eigenvalue weighted by molar-refractivity contribution is -0.140. The van der Waals surface area contributed by atoms with Gasteiger partial charge in [-0.2, -0.15) is 0 Å². The molecular weight excluding hydrogens is 352 g/mol. The van der Waals surface area contributed by atoms with Crippen molar-refractivity contribution in [3.8, 4) is 5.75 Å². The van der Waals surface area contributed by atoms with Crippen molar-refractivity contribution >= 4 is 17.0 Å². The minimum Gasteiger partial charge on any atom is -0.772 e. The zero-order chi connectivity index (χ0) is 20.3. The van der Waals surface area contributed by atoms with Gasteiger partial charge in [0.1, 0.15) is 11.0 Å². The van der Waals surface area contributed by atoms with Crippen LogP contribution in [0, 0.1) is 0 Å². The number of hydrogen-bond donors (Lipinski definition) is 1. The molecule has 1 aromatic rings. The summed E-state index contributed by atoms with van der Waals surface area (Å²) in [5, 5.41) is 9.60. The smallest absolute Gasteiger partial charge is 0.320 e. The van der Waals surface area contributed by atoms with E-state index in [2.05, 4.69) is 4.74 Å². The second-order valence-electron chi connectivity index (χ2n) is 8.70. The van der Waals surface area contributed by atoms with Crippen LogP contribution in [0.2, 0.25) is 0 Å². The molecule has 0 bridgehead atoms. The predicted molar refractivity (Wildman–Crippen MR) is 103 cm³/mol. The van der Waals surface area contributed by atoms with Gasteiger partial charge in [-0.15, -0.1) is 0 Å². The maximum Gasteiger partial charge on any atom is 0.320 e. The third-order valence-corrected chi connectivity index (χ3v) is 5.31. The average molecular weight is 384 g/mol.